The summed E-state index contributed by atoms with van der Waals surface area (Å²) in [6.07, 6.45) is -5.48. The Hall–Kier alpha value is -2.93. The van der Waals surface area contributed by atoms with Gasteiger partial charge in [0.1, 0.15) is 5.82 Å². The van der Waals surface area contributed by atoms with E-state index in [9.17, 15) is 43.9 Å². The summed E-state index contributed by atoms with van der Waals surface area (Å²) in [5.41, 5.74) is -6.61. The molecule has 1 heterocycles. The lowest BCUT2D eigenvalue weighted by Crippen LogP contribution is -2.37. The second-order valence-electron chi connectivity index (χ2n) is 7.70. The average molecular weight is 524 g/mol. The molecule has 0 bridgehead atoms. The minimum absolute atomic E-state index is 0.0210. The fourth-order valence-electron chi connectivity index (χ4n) is 3.86. The van der Waals surface area contributed by atoms with E-state index < -0.39 is 51.8 Å². The number of aryl methyl sites for hydroxylation is 1. The number of rotatable bonds is 8. The summed E-state index contributed by atoms with van der Waals surface area (Å²) in [4.78, 5) is 13.1. The van der Waals surface area contributed by atoms with Crippen LogP contribution in [0.2, 0.25) is 0 Å². The number of hydrogen-bond donors (Lipinski definition) is 1. The number of ketones is 1. The van der Waals surface area contributed by atoms with Crippen molar-refractivity contribution in [3.05, 3.63) is 70.7 Å². The van der Waals surface area contributed by atoms with Gasteiger partial charge in [0.2, 0.25) is 0 Å². The molecule has 1 aromatic heterocycles. The molecule has 0 aliphatic rings. The van der Waals surface area contributed by atoms with Gasteiger partial charge in [0.05, 0.1) is 11.1 Å². The molecule has 0 aliphatic heterocycles. The van der Waals surface area contributed by atoms with E-state index in [0.717, 1.165) is 12.1 Å². The van der Waals surface area contributed by atoms with Crippen LogP contribution in [-0.4, -0.2) is 30.8 Å². The molecule has 190 valence electrons. The van der Waals surface area contributed by atoms with E-state index in [1.54, 1.807) is 0 Å². The quantitative estimate of drug-likeness (QED) is 0.245. The van der Waals surface area contributed by atoms with Crippen molar-refractivity contribution < 1.29 is 43.9 Å². The zero-order valence-electron chi connectivity index (χ0n) is 18.1. The number of fused-ring (bicyclic) bond motifs is 1. The molecular formula is C22H19F7N2O3S. The summed E-state index contributed by atoms with van der Waals surface area (Å²) in [5.74, 6) is -1.46. The lowest BCUT2D eigenvalue weighted by molar-refractivity contribution is -0.138. The van der Waals surface area contributed by atoms with Gasteiger partial charge in [0.15, 0.2) is 5.78 Å². The maximum absolute atomic E-state index is 14.7. The molecule has 5 nitrogen and oxygen atoms in total. The number of sulfonamides is 1. The highest BCUT2D eigenvalue weighted by Gasteiger charge is 2.45. The Morgan fingerprint density at radius 3 is 2.29 bits per heavy atom. The molecule has 1 N–H and O–H groups in total. The average Bonchev–Trinajstić information content (AvgIpc) is 3.02. The zero-order chi connectivity index (χ0) is 26.2. The molecule has 13 heteroatoms. The van der Waals surface area contributed by atoms with Crippen LogP contribution in [0.25, 0.3) is 10.9 Å². The van der Waals surface area contributed by atoms with Crippen molar-refractivity contribution in [1.29, 1.82) is 0 Å². The summed E-state index contributed by atoms with van der Waals surface area (Å²) in [7, 11) is -5.55. The van der Waals surface area contributed by atoms with Gasteiger partial charge in [-0.1, -0.05) is 30.3 Å². The van der Waals surface area contributed by atoms with Gasteiger partial charge in [-0.15, -0.1) is 0 Å². The summed E-state index contributed by atoms with van der Waals surface area (Å²) >= 11 is 0. The highest BCUT2D eigenvalue weighted by Crippen LogP contribution is 2.34. The number of alkyl halides is 6. The minimum atomic E-state index is -5.55. The van der Waals surface area contributed by atoms with Crippen LogP contribution in [0.1, 0.15) is 33.6 Å². The van der Waals surface area contributed by atoms with E-state index >= 15 is 0 Å². The molecule has 0 aliphatic carbocycles. The first-order valence-corrected chi connectivity index (χ1v) is 11.6. The molecule has 3 aromatic rings. The molecular weight excluding hydrogens is 505 g/mol. The third-order valence-electron chi connectivity index (χ3n) is 5.40. The van der Waals surface area contributed by atoms with Gasteiger partial charge in [-0.25, -0.2) is 17.5 Å². The second-order valence-corrected chi connectivity index (χ2v) is 9.46. The molecule has 0 fully saturated rings. The van der Waals surface area contributed by atoms with Crippen LogP contribution in [0, 0.1) is 12.7 Å². The number of carbonyl (C=O) groups excluding carboxylic acids is 1. The van der Waals surface area contributed by atoms with Crippen molar-refractivity contribution in [2.75, 3.05) is 6.54 Å². The molecule has 35 heavy (non-hydrogen) atoms. The van der Waals surface area contributed by atoms with Gasteiger partial charge in [-0.3, -0.25) is 4.79 Å². The predicted octanol–water partition coefficient (Wildman–Crippen LogP) is 5.36. The summed E-state index contributed by atoms with van der Waals surface area (Å²) in [5, 5.41) is 0.132. The van der Waals surface area contributed by atoms with Crippen LogP contribution in [0.15, 0.2) is 42.5 Å². The van der Waals surface area contributed by atoms with Crippen LogP contribution in [0.5, 0.6) is 0 Å². The normalized spacial score (nSPS) is 12.9. The van der Waals surface area contributed by atoms with E-state index in [2.05, 4.69) is 0 Å². The summed E-state index contributed by atoms with van der Waals surface area (Å²) in [6.45, 7) is 0.663. The maximum atomic E-state index is 14.7. The Morgan fingerprint density at radius 2 is 1.66 bits per heavy atom. The SMILES string of the molecule is Cc1c(C(=O)Cc2ccccc2C(F)(F)F)c2cccc(F)c2n1CCCNS(=O)(=O)C(F)(F)F. The fourth-order valence-corrected chi connectivity index (χ4v) is 4.44. The van der Waals surface area contributed by atoms with Crippen molar-refractivity contribution in [1.82, 2.24) is 9.29 Å². The third kappa shape index (κ3) is 5.50. The standard InChI is InChI=1S/C22H19F7N2O3S/c1-13-19(18(32)12-14-6-2-3-8-16(14)21(24,25)26)15-7-4-9-17(23)20(15)31(13)11-5-10-30-35(33,34)22(27,28)29/h2-4,6-9,30H,5,10-12H2,1H3. The highest BCUT2D eigenvalue weighted by molar-refractivity contribution is 7.90. The van der Waals surface area contributed by atoms with Crippen LogP contribution < -0.4 is 4.72 Å². The van der Waals surface area contributed by atoms with E-state index in [4.69, 9.17) is 0 Å². The molecule has 0 radical (unpaired) electrons. The largest absolute Gasteiger partial charge is 0.511 e. The molecule has 2 aromatic carbocycles. The van der Waals surface area contributed by atoms with Crippen molar-refractivity contribution in [2.45, 2.75) is 38.0 Å². The number of hydrogen-bond acceptors (Lipinski definition) is 3. The Labute approximate surface area is 195 Å². The first-order chi connectivity index (χ1) is 16.1. The van der Waals surface area contributed by atoms with E-state index in [0.29, 0.717) is 0 Å². The lowest BCUT2D eigenvalue weighted by Gasteiger charge is -2.13. The van der Waals surface area contributed by atoms with E-state index in [1.165, 1.54) is 46.5 Å². The molecule has 0 saturated carbocycles. The molecule has 0 atom stereocenters. The monoisotopic (exact) mass is 524 g/mol. The van der Waals surface area contributed by atoms with Gasteiger partial charge in [0, 0.05) is 36.2 Å². The summed E-state index contributed by atoms with van der Waals surface area (Å²) in [6, 6.07) is 8.39. The van der Waals surface area contributed by atoms with Crippen molar-refractivity contribution in [3.8, 4) is 0 Å². The van der Waals surface area contributed by atoms with Gasteiger partial charge in [0.25, 0.3) is 0 Å². The zero-order valence-corrected chi connectivity index (χ0v) is 18.9. The van der Waals surface area contributed by atoms with Crippen LogP contribution >= 0.6 is 0 Å². The topological polar surface area (TPSA) is 68.2 Å². The number of carbonyl (C=O) groups is 1. The first-order valence-electron chi connectivity index (χ1n) is 10.2. The minimum Gasteiger partial charge on any atom is -0.342 e. The summed E-state index contributed by atoms with van der Waals surface area (Å²) < 4.78 is 117. The maximum Gasteiger partial charge on any atom is 0.511 e. The second kappa shape index (κ2) is 9.61. The van der Waals surface area contributed by atoms with Crippen molar-refractivity contribution in [2.24, 2.45) is 0 Å². The smallest absolute Gasteiger partial charge is 0.342 e. The molecule has 3 rings (SSSR count). The number of Topliss-reactive ketones (excluding diaryl/α,β-unsaturated/α-hetero) is 1. The lowest BCUT2D eigenvalue weighted by atomic mass is 9.97. The van der Waals surface area contributed by atoms with Crippen LogP contribution in [0.3, 0.4) is 0 Å². The van der Waals surface area contributed by atoms with Gasteiger partial charge < -0.3 is 4.57 Å². The Balaban J connectivity index is 1.93. The molecule has 0 unspecified atom stereocenters. The highest BCUT2D eigenvalue weighted by atomic mass is 32.2. The number of para-hydroxylation sites is 1. The van der Waals surface area contributed by atoms with Gasteiger partial charge in [-0.2, -0.15) is 26.3 Å². The number of nitrogens with one attached hydrogen (secondary N) is 1. The van der Waals surface area contributed by atoms with Crippen molar-refractivity contribution >= 4 is 26.7 Å². The van der Waals surface area contributed by atoms with E-state index in [-0.39, 0.29) is 40.7 Å². The molecule has 0 saturated heterocycles. The van der Waals surface area contributed by atoms with Gasteiger partial charge in [-0.05, 0) is 31.0 Å². The molecule has 0 spiro atoms. The van der Waals surface area contributed by atoms with Gasteiger partial charge >= 0.3 is 21.7 Å². The fraction of sp³-hybridized carbons (Fsp3) is 0.318. The predicted molar refractivity (Wildman–Crippen MR) is 114 cm³/mol. The number of halogens is 7. The Kier molecular flexibility index (Phi) is 7.32. The third-order valence-corrected chi connectivity index (χ3v) is 6.59. The Morgan fingerprint density at radius 1 is 1.00 bits per heavy atom. The first kappa shape index (κ1) is 26.7. The molecule has 0 amide bonds. The van der Waals surface area contributed by atoms with Crippen LogP contribution in [0.4, 0.5) is 30.7 Å². The Bertz CT molecular complexity index is 1360. The number of nitrogens with zero attached hydrogens (tertiary/aromatic N) is 1. The number of aromatic nitrogens is 1. The van der Waals surface area contributed by atoms with Crippen LogP contribution in [-0.2, 0) is 29.2 Å². The number of benzene rings is 2. The van der Waals surface area contributed by atoms with E-state index in [1.807, 2.05) is 0 Å². The van der Waals surface area contributed by atoms with Crippen molar-refractivity contribution in [3.63, 3.8) is 0 Å².